The molecule has 0 radical (unpaired) electrons. The van der Waals surface area contributed by atoms with Gasteiger partial charge in [0.25, 0.3) is 0 Å². The lowest BCUT2D eigenvalue weighted by atomic mass is 10.3. The second-order valence-electron chi connectivity index (χ2n) is 4.07. The van der Waals surface area contributed by atoms with Crippen LogP contribution in [0.2, 0.25) is 0 Å². The van der Waals surface area contributed by atoms with E-state index in [-0.39, 0.29) is 11.7 Å². The molecular formula is C13H12BrN5OS2. The summed E-state index contributed by atoms with van der Waals surface area (Å²) >= 11 is 5.80. The van der Waals surface area contributed by atoms with Gasteiger partial charge in [0.1, 0.15) is 11.7 Å². The highest BCUT2D eigenvalue weighted by Gasteiger charge is 2.10. The Morgan fingerprint density at radius 3 is 3.05 bits per heavy atom. The normalized spacial score (nSPS) is 10.2. The molecule has 9 heteroatoms. The number of aryl methyl sites for hydroxylation is 1. The topological polar surface area (TPSA) is 83.6 Å². The molecule has 0 spiro atoms. The highest BCUT2D eigenvalue weighted by atomic mass is 79.9. The summed E-state index contributed by atoms with van der Waals surface area (Å²) in [5.41, 5.74) is 0.671. The molecule has 0 unspecified atom stereocenters. The van der Waals surface area contributed by atoms with Crippen molar-refractivity contribution in [3.05, 3.63) is 29.0 Å². The second kappa shape index (κ2) is 8.22. The average molecular weight is 398 g/mol. The number of hydrogen-bond acceptors (Lipinski definition) is 6. The Morgan fingerprint density at radius 2 is 2.36 bits per heavy atom. The maximum absolute atomic E-state index is 12.0. The molecule has 114 valence electrons. The first kappa shape index (κ1) is 16.9. The van der Waals surface area contributed by atoms with Gasteiger partial charge in [0, 0.05) is 15.9 Å². The number of anilines is 1. The predicted molar refractivity (Wildman–Crippen MR) is 90.7 cm³/mol. The van der Waals surface area contributed by atoms with Gasteiger partial charge < -0.3 is 9.88 Å². The first-order valence-corrected chi connectivity index (χ1v) is 8.89. The van der Waals surface area contributed by atoms with Gasteiger partial charge in [0.15, 0.2) is 5.16 Å². The number of halogens is 1. The number of rotatable bonds is 6. The Hall–Kier alpha value is -1.50. The van der Waals surface area contributed by atoms with Crippen molar-refractivity contribution in [3.8, 4) is 5.40 Å². The molecule has 1 aromatic heterocycles. The van der Waals surface area contributed by atoms with E-state index in [0.29, 0.717) is 5.69 Å². The van der Waals surface area contributed by atoms with Crippen molar-refractivity contribution < 1.29 is 4.79 Å². The van der Waals surface area contributed by atoms with Gasteiger partial charge in [-0.1, -0.05) is 11.8 Å². The van der Waals surface area contributed by atoms with Crippen LogP contribution in [0.3, 0.4) is 0 Å². The minimum absolute atomic E-state index is 0.128. The summed E-state index contributed by atoms with van der Waals surface area (Å²) < 4.78 is 2.62. The van der Waals surface area contributed by atoms with Crippen molar-refractivity contribution in [1.82, 2.24) is 14.8 Å². The largest absolute Gasteiger partial charge is 0.324 e. The second-order valence-corrected chi connectivity index (χ2v) is 6.73. The lowest BCUT2D eigenvalue weighted by molar-refractivity contribution is -0.113. The molecule has 0 saturated heterocycles. The lowest BCUT2D eigenvalue weighted by Gasteiger charge is -2.08. The van der Waals surface area contributed by atoms with Crippen LogP contribution in [0.25, 0.3) is 0 Å². The number of nitrogens with zero attached hydrogens (tertiary/aromatic N) is 4. The standard InChI is InChI=1S/C13H12BrN5OS2/c1-2-19-8-16-18-13(19)21-6-12(20)17-11-4-3-9(22-7-15)5-10(11)14/h3-5,8H,2,6H2,1H3,(H,17,20). The summed E-state index contributed by atoms with van der Waals surface area (Å²) in [7, 11) is 0. The van der Waals surface area contributed by atoms with Gasteiger partial charge in [-0.2, -0.15) is 5.26 Å². The van der Waals surface area contributed by atoms with Crippen LogP contribution in [0.15, 0.2) is 39.1 Å². The summed E-state index contributed by atoms with van der Waals surface area (Å²) in [6, 6.07) is 5.35. The third-order valence-corrected chi connectivity index (χ3v) is 4.85. The zero-order chi connectivity index (χ0) is 15.9. The fourth-order valence-electron chi connectivity index (χ4n) is 1.60. The van der Waals surface area contributed by atoms with Crippen LogP contribution in [0.5, 0.6) is 0 Å². The molecule has 0 atom stereocenters. The fourth-order valence-corrected chi connectivity index (χ4v) is 3.43. The van der Waals surface area contributed by atoms with E-state index < -0.39 is 0 Å². The molecule has 2 rings (SSSR count). The minimum atomic E-state index is -0.128. The SMILES string of the molecule is CCn1cnnc1SCC(=O)Nc1ccc(SC#N)cc1Br. The highest BCUT2D eigenvalue weighted by Crippen LogP contribution is 2.28. The fraction of sp³-hybridized carbons (Fsp3) is 0.231. The Morgan fingerprint density at radius 1 is 1.55 bits per heavy atom. The molecule has 2 aromatic rings. The molecular weight excluding hydrogens is 386 g/mol. The summed E-state index contributed by atoms with van der Waals surface area (Å²) in [5.74, 6) is 0.122. The molecule has 1 aromatic carbocycles. The maximum atomic E-state index is 12.0. The van der Waals surface area contributed by atoms with E-state index in [9.17, 15) is 4.79 Å². The average Bonchev–Trinajstić information content (AvgIpc) is 2.96. The Kier molecular flexibility index (Phi) is 6.30. The highest BCUT2D eigenvalue weighted by molar-refractivity contribution is 9.10. The van der Waals surface area contributed by atoms with Crippen molar-refractivity contribution in [1.29, 1.82) is 5.26 Å². The van der Waals surface area contributed by atoms with Gasteiger partial charge in [-0.25, -0.2) is 0 Å². The number of amides is 1. The maximum Gasteiger partial charge on any atom is 0.234 e. The number of aromatic nitrogens is 3. The monoisotopic (exact) mass is 397 g/mol. The van der Waals surface area contributed by atoms with Crippen molar-refractivity contribution in [2.45, 2.75) is 23.5 Å². The summed E-state index contributed by atoms with van der Waals surface area (Å²) in [6.07, 6.45) is 1.64. The van der Waals surface area contributed by atoms with Crippen molar-refractivity contribution in [2.24, 2.45) is 0 Å². The van der Waals surface area contributed by atoms with Crippen LogP contribution < -0.4 is 5.32 Å². The summed E-state index contributed by atoms with van der Waals surface area (Å²) in [5, 5.41) is 22.0. The predicted octanol–water partition coefficient (Wildman–Crippen LogP) is 3.36. The summed E-state index contributed by atoms with van der Waals surface area (Å²) in [4.78, 5) is 12.8. The number of carbonyl (C=O) groups is 1. The van der Waals surface area contributed by atoms with Gasteiger partial charge >= 0.3 is 0 Å². The molecule has 0 aliphatic heterocycles. The quantitative estimate of drug-likeness (QED) is 0.594. The van der Waals surface area contributed by atoms with Crippen molar-refractivity contribution in [2.75, 3.05) is 11.1 Å². The molecule has 22 heavy (non-hydrogen) atoms. The zero-order valence-electron chi connectivity index (χ0n) is 11.6. The number of benzene rings is 1. The van der Waals surface area contributed by atoms with Crippen LogP contribution in [-0.4, -0.2) is 26.4 Å². The van der Waals surface area contributed by atoms with E-state index >= 15 is 0 Å². The lowest BCUT2D eigenvalue weighted by Crippen LogP contribution is -2.15. The summed E-state index contributed by atoms with van der Waals surface area (Å²) in [6.45, 7) is 2.76. The van der Waals surface area contributed by atoms with E-state index in [1.165, 1.54) is 11.8 Å². The molecule has 0 saturated carbocycles. The number of nitriles is 1. The molecule has 1 N–H and O–H groups in total. The minimum Gasteiger partial charge on any atom is -0.324 e. The number of hydrogen-bond donors (Lipinski definition) is 1. The van der Waals surface area contributed by atoms with Gasteiger partial charge in [0.05, 0.1) is 11.4 Å². The number of thioether (sulfide) groups is 2. The van der Waals surface area contributed by atoms with Crippen LogP contribution in [0, 0.1) is 10.7 Å². The number of nitrogens with one attached hydrogen (secondary N) is 1. The van der Waals surface area contributed by atoms with Crippen molar-refractivity contribution in [3.63, 3.8) is 0 Å². The van der Waals surface area contributed by atoms with E-state index in [1.54, 1.807) is 24.5 Å². The molecule has 1 amide bonds. The van der Waals surface area contributed by atoms with E-state index in [4.69, 9.17) is 5.26 Å². The molecule has 0 fully saturated rings. The van der Waals surface area contributed by atoms with Gasteiger partial charge in [0.2, 0.25) is 5.91 Å². The van der Waals surface area contributed by atoms with Crippen LogP contribution in [-0.2, 0) is 11.3 Å². The molecule has 1 heterocycles. The first-order valence-electron chi connectivity index (χ1n) is 6.30. The number of carbonyl (C=O) groups excluding carboxylic acids is 1. The van der Waals surface area contributed by atoms with Crippen LogP contribution >= 0.6 is 39.5 Å². The van der Waals surface area contributed by atoms with Gasteiger partial charge in [-0.3, -0.25) is 4.79 Å². The molecule has 6 nitrogen and oxygen atoms in total. The first-order chi connectivity index (χ1) is 10.6. The zero-order valence-corrected chi connectivity index (χ0v) is 14.8. The third-order valence-electron chi connectivity index (χ3n) is 2.63. The van der Waals surface area contributed by atoms with Gasteiger partial charge in [-0.15, -0.1) is 10.2 Å². The van der Waals surface area contributed by atoms with Crippen LogP contribution in [0.1, 0.15) is 6.92 Å². The Balaban J connectivity index is 1.93. The Bertz CT molecular complexity index is 713. The van der Waals surface area contributed by atoms with E-state index in [2.05, 4.69) is 31.4 Å². The number of thiocyanates is 1. The Labute approximate surface area is 144 Å². The van der Waals surface area contributed by atoms with E-state index in [0.717, 1.165) is 32.8 Å². The molecule has 0 aliphatic carbocycles. The van der Waals surface area contributed by atoms with Gasteiger partial charge in [-0.05, 0) is 52.8 Å². The van der Waals surface area contributed by atoms with Crippen LogP contribution in [0.4, 0.5) is 5.69 Å². The van der Waals surface area contributed by atoms with Crippen molar-refractivity contribution >= 4 is 51.0 Å². The third kappa shape index (κ3) is 4.50. The molecule has 0 aliphatic rings. The van der Waals surface area contributed by atoms with E-state index in [1.807, 2.05) is 16.9 Å². The smallest absolute Gasteiger partial charge is 0.234 e. The molecule has 0 bridgehead atoms.